The number of nitrogens with zero attached hydrogens (tertiary/aromatic N) is 1. The van der Waals surface area contributed by atoms with Crippen LogP contribution in [0.15, 0.2) is 42.7 Å². The molecular formula is C14H16N2O. The third kappa shape index (κ3) is 2.97. The lowest BCUT2D eigenvalue weighted by atomic mass is 10.2. The first-order valence-electron chi connectivity index (χ1n) is 5.57. The zero-order chi connectivity index (χ0) is 12.1. The summed E-state index contributed by atoms with van der Waals surface area (Å²) < 4.78 is 5.28. The lowest BCUT2D eigenvalue weighted by Gasteiger charge is -2.10. The van der Waals surface area contributed by atoms with Crippen LogP contribution in [0.1, 0.15) is 11.1 Å². The first-order valence-corrected chi connectivity index (χ1v) is 5.57. The number of aromatic nitrogens is 1. The average molecular weight is 228 g/mol. The van der Waals surface area contributed by atoms with E-state index in [0.717, 1.165) is 23.5 Å². The normalized spacial score (nSPS) is 10.0. The van der Waals surface area contributed by atoms with E-state index in [-0.39, 0.29) is 0 Å². The molecule has 0 fully saturated rings. The Kier molecular flexibility index (Phi) is 3.60. The summed E-state index contributed by atoms with van der Waals surface area (Å²) >= 11 is 0. The molecule has 0 saturated heterocycles. The molecule has 0 unspecified atom stereocenters. The van der Waals surface area contributed by atoms with Gasteiger partial charge in [-0.1, -0.05) is 18.2 Å². The van der Waals surface area contributed by atoms with Gasteiger partial charge in [-0.15, -0.1) is 0 Å². The summed E-state index contributed by atoms with van der Waals surface area (Å²) in [6.07, 6.45) is 3.72. The van der Waals surface area contributed by atoms with Gasteiger partial charge in [0, 0.05) is 18.9 Å². The van der Waals surface area contributed by atoms with Crippen molar-refractivity contribution in [1.82, 2.24) is 4.98 Å². The number of aryl methyl sites for hydroxylation is 1. The Labute approximate surface area is 101 Å². The molecule has 1 N–H and O–H groups in total. The van der Waals surface area contributed by atoms with Gasteiger partial charge in [-0.05, 0) is 30.2 Å². The van der Waals surface area contributed by atoms with E-state index in [1.807, 2.05) is 43.6 Å². The van der Waals surface area contributed by atoms with Gasteiger partial charge in [0.2, 0.25) is 0 Å². The Morgan fingerprint density at radius 2 is 2.06 bits per heavy atom. The molecule has 0 aliphatic rings. The number of para-hydroxylation sites is 2. The lowest BCUT2D eigenvalue weighted by Crippen LogP contribution is -2.01. The quantitative estimate of drug-likeness (QED) is 0.873. The van der Waals surface area contributed by atoms with Gasteiger partial charge in [-0.25, -0.2) is 0 Å². The number of rotatable bonds is 4. The maximum Gasteiger partial charge on any atom is 0.141 e. The van der Waals surface area contributed by atoms with Crippen LogP contribution in [0.3, 0.4) is 0 Å². The van der Waals surface area contributed by atoms with Gasteiger partial charge < -0.3 is 10.1 Å². The van der Waals surface area contributed by atoms with Crippen LogP contribution in [0.4, 0.5) is 5.69 Å². The van der Waals surface area contributed by atoms with Crippen molar-refractivity contribution in [3.05, 3.63) is 53.9 Å². The Morgan fingerprint density at radius 3 is 2.82 bits per heavy atom. The predicted octanol–water partition coefficient (Wildman–Crippen LogP) is 3.01. The summed E-state index contributed by atoms with van der Waals surface area (Å²) in [7, 11) is 1.68. The van der Waals surface area contributed by atoms with Crippen molar-refractivity contribution in [2.24, 2.45) is 0 Å². The second kappa shape index (κ2) is 5.34. The van der Waals surface area contributed by atoms with Crippen LogP contribution in [-0.4, -0.2) is 12.1 Å². The maximum absolute atomic E-state index is 5.28. The maximum atomic E-state index is 5.28. The predicted molar refractivity (Wildman–Crippen MR) is 69.3 cm³/mol. The first-order chi connectivity index (χ1) is 8.29. The highest BCUT2D eigenvalue weighted by molar-refractivity contribution is 5.56. The fourth-order valence-corrected chi connectivity index (χ4v) is 1.70. The Bertz CT molecular complexity index is 497. The monoisotopic (exact) mass is 228 g/mol. The molecule has 0 aliphatic heterocycles. The fraction of sp³-hybridized carbons (Fsp3) is 0.214. The highest BCUT2D eigenvalue weighted by Gasteiger charge is 2.00. The number of ether oxygens (including phenoxy) is 1. The van der Waals surface area contributed by atoms with Gasteiger partial charge in [0.1, 0.15) is 5.75 Å². The number of nitrogens with one attached hydrogen (secondary N) is 1. The van der Waals surface area contributed by atoms with Crippen molar-refractivity contribution in [2.75, 3.05) is 12.4 Å². The Morgan fingerprint density at radius 1 is 1.24 bits per heavy atom. The third-order valence-electron chi connectivity index (χ3n) is 2.52. The Balaban J connectivity index is 2.07. The summed E-state index contributed by atoms with van der Waals surface area (Å²) in [5, 5.41) is 3.34. The number of methoxy groups -OCH3 is 1. The minimum Gasteiger partial charge on any atom is -0.495 e. The van der Waals surface area contributed by atoms with Crippen molar-refractivity contribution in [3.8, 4) is 5.75 Å². The van der Waals surface area contributed by atoms with Gasteiger partial charge in [0.15, 0.2) is 0 Å². The molecule has 2 aromatic rings. The van der Waals surface area contributed by atoms with Crippen LogP contribution in [0, 0.1) is 6.92 Å². The smallest absolute Gasteiger partial charge is 0.141 e. The molecule has 3 nitrogen and oxygen atoms in total. The summed E-state index contributed by atoms with van der Waals surface area (Å²) in [4.78, 5) is 4.17. The number of anilines is 1. The van der Waals surface area contributed by atoms with E-state index in [1.165, 1.54) is 5.56 Å². The van der Waals surface area contributed by atoms with E-state index in [0.29, 0.717) is 0 Å². The molecule has 88 valence electrons. The van der Waals surface area contributed by atoms with Gasteiger partial charge in [-0.3, -0.25) is 4.98 Å². The molecule has 0 bridgehead atoms. The molecule has 2 rings (SSSR count). The van der Waals surface area contributed by atoms with Crippen LogP contribution in [0.5, 0.6) is 5.75 Å². The zero-order valence-corrected chi connectivity index (χ0v) is 10.1. The average Bonchev–Trinajstić information content (AvgIpc) is 2.37. The summed E-state index contributed by atoms with van der Waals surface area (Å²) in [5.41, 5.74) is 3.33. The highest BCUT2D eigenvalue weighted by atomic mass is 16.5. The SMILES string of the molecule is COc1ccccc1NCc1cncc(C)c1. The van der Waals surface area contributed by atoms with Crippen molar-refractivity contribution in [3.63, 3.8) is 0 Å². The van der Waals surface area contributed by atoms with Crippen LogP contribution >= 0.6 is 0 Å². The molecule has 0 aliphatic carbocycles. The minimum atomic E-state index is 0.745. The third-order valence-corrected chi connectivity index (χ3v) is 2.52. The van der Waals surface area contributed by atoms with Crippen molar-refractivity contribution in [2.45, 2.75) is 13.5 Å². The molecule has 1 heterocycles. The summed E-state index contributed by atoms with van der Waals surface area (Å²) in [6, 6.07) is 10.0. The second-order valence-corrected chi connectivity index (χ2v) is 3.92. The zero-order valence-electron chi connectivity index (χ0n) is 10.1. The van der Waals surface area contributed by atoms with Crippen LogP contribution in [0.2, 0.25) is 0 Å². The fourth-order valence-electron chi connectivity index (χ4n) is 1.70. The van der Waals surface area contributed by atoms with Crippen molar-refractivity contribution in [1.29, 1.82) is 0 Å². The van der Waals surface area contributed by atoms with E-state index in [2.05, 4.69) is 16.4 Å². The lowest BCUT2D eigenvalue weighted by molar-refractivity contribution is 0.416. The van der Waals surface area contributed by atoms with E-state index < -0.39 is 0 Å². The Hall–Kier alpha value is -2.03. The van der Waals surface area contributed by atoms with Crippen LogP contribution < -0.4 is 10.1 Å². The van der Waals surface area contributed by atoms with E-state index in [1.54, 1.807) is 7.11 Å². The van der Waals surface area contributed by atoms with Gasteiger partial charge in [-0.2, -0.15) is 0 Å². The molecule has 0 atom stereocenters. The molecule has 0 radical (unpaired) electrons. The van der Waals surface area contributed by atoms with Crippen LogP contribution in [0.25, 0.3) is 0 Å². The van der Waals surface area contributed by atoms with E-state index >= 15 is 0 Å². The number of hydrogen-bond acceptors (Lipinski definition) is 3. The molecule has 0 amide bonds. The molecule has 17 heavy (non-hydrogen) atoms. The minimum absolute atomic E-state index is 0.745. The first kappa shape index (κ1) is 11.5. The molecular weight excluding hydrogens is 212 g/mol. The summed E-state index contributed by atoms with van der Waals surface area (Å²) in [6.45, 7) is 2.79. The van der Waals surface area contributed by atoms with Gasteiger partial charge in [0.25, 0.3) is 0 Å². The molecule has 1 aromatic carbocycles. The molecule has 1 aromatic heterocycles. The highest BCUT2D eigenvalue weighted by Crippen LogP contribution is 2.23. The standard InChI is InChI=1S/C14H16N2O/c1-11-7-12(9-15-8-11)10-16-13-5-3-4-6-14(13)17-2/h3-9,16H,10H2,1-2H3. The molecule has 0 saturated carbocycles. The molecule has 0 spiro atoms. The number of benzene rings is 1. The van der Waals surface area contributed by atoms with Crippen molar-refractivity contribution < 1.29 is 4.74 Å². The molecule has 3 heteroatoms. The largest absolute Gasteiger partial charge is 0.495 e. The number of hydrogen-bond donors (Lipinski definition) is 1. The number of pyridine rings is 1. The van der Waals surface area contributed by atoms with E-state index in [9.17, 15) is 0 Å². The van der Waals surface area contributed by atoms with Gasteiger partial charge >= 0.3 is 0 Å². The van der Waals surface area contributed by atoms with Crippen molar-refractivity contribution >= 4 is 5.69 Å². The second-order valence-electron chi connectivity index (χ2n) is 3.92. The van der Waals surface area contributed by atoms with Gasteiger partial charge in [0.05, 0.1) is 12.8 Å². The van der Waals surface area contributed by atoms with Crippen LogP contribution in [-0.2, 0) is 6.54 Å². The topological polar surface area (TPSA) is 34.1 Å². The summed E-state index contributed by atoms with van der Waals surface area (Å²) in [5.74, 6) is 0.855. The van der Waals surface area contributed by atoms with E-state index in [4.69, 9.17) is 4.74 Å².